The summed E-state index contributed by atoms with van der Waals surface area (Å²) >= 11 is 0. The van der Waals surface area contributed by atoms with Crippen molar-refractivity contribution in [2.75, 3.05) is 26.7 Å². The van der Waals surface area contributed by atoms with Crippen LogP contribution in [0.4, 0.5) is 0 Å². The van der Waals surface area contributed by atoms with E-state index >= 15 is 0 Å². The second-order valence-electron chi connectivity index (χ2n) is 6.86. The van der Waals surface area contributed by atoms with Gasteiger partial charge in [-0.25, -0.2) is 0 Å². The number of nitrogens with two attached hydrogens (primary N) is 1. The van der Waals surface area contributed by atoms with Crippen molar-refractivity contribution in [2.45, 2.75) is 32.9 Å². The molecule has 0 saturated carbocycles. The summed E-state index contributed by atoms with van der Waals surface area (Å²) in [6.45, 7) is 7.97. The Balaban J connectivity index is 1.80. The van der Waals surface area contributed by atoms with Crippen LogP contribution in [0.1, 0.15) is 25.8 Å². The number of hydrogen-bond acceptors (Lipinski definition) is 3. The molecule has 4 nitrogen and oxygen atoms in total. The molecule has 122 valence electrons. The van der Waals surface area contributed by atoms with Crippen LogP contribution in [-0.2, 0) is 11.3 Å². The Kier molecular flexibility index (Phi) is 5.98. The largest absolute Gasteiger partial charge is 0.344 e. The lowest BCUT2D eigenvalue weighted by molar-refractivity contribution is -0.132. The van der Waals surface area contributed by atoms with Crippen LogP contribution < -0.4 is 5.73 Å². The molecule has 0 aromatic heterocycles. The van der Waals surface area contributed by atoms with Crippen LogP contribution in [0.2, 0.25) is 0 Å². The van der Waals surface area contributed by atoms with Crippen LogP contribution in [0.3, 0.4) is 0 Å². The van der Waals surface area contributed by atoms with Crippen molar-refractivity contribution in [1.29, 1.82) is 0 Å². The van der Waals surface area contributed by atoms with Crippen LogP contribution in [0.5, 0.6) is 0 Å². The van der Waals surface area contributed by atoms with E-state index in [-0.39, 0.29) is 17.9 Å². The first-order valence-electron chi connectivity index (χ1n) is 8.24. The molecule has 2 rings (SSSR count). The van der Waals surface area contributed by atoms with Gasteiger partial charge in [-0.3, -0.25) is 9.69 Å². The molecule has 1 aromatic rings. The van der Waals surface area contributed by atoms with Crippen LogP contribution >= 0.6 is 0 Å². The molecule has 1 aromatic carbocycles. The predicted molar refractivity (Wildman–Crippen MR) is 90.3 cm³/mol. The van der Waals surface area contributed by atoms with Gasteiger partial charge >= 0.3 is 0 Å². The Labute approximate surface area is 134 Å². The van der Waals surface area contributed by atoms with Gasteiger partial charge in [-0.15, -0.1) is 0 Å². The second-order valence-corrected chi connectivity index (χ2v) is 6.86. The first kappa shape index (κ1) is 17.0. The highest BCUT2D eigenvalue weighted by Crippen LogP contribution is 2.20. The summed E-state index contributed by atoms with van der Waals surface area (Å²) in [6, 6.07) is 10.2. The highest BCUT2D eigenvalue weighted by molar-refractivity contribution is 5.81. The maximum absolute atomic E-state index is 12.2. The number of rotatable bonds is 6. The topological polar surface area (TPSA) is 49.6 Å². The number of amides is 1. The monoisotopic (exact) mass is 303 g/mol. The molecule has 1 aliphatic heterocycles. The van der Waals surface area contributed by atoms with Crippen molar-refractivity contribution < 1.29 is 4.79 Å². The zero-order valence-electron chi connectivity index (χ0n) is 14.0. The smallest absolute Gasteiger partial charge is 0.239 e. The van der Waals surface area contributed by atoms with Crippen LogP contribution in [0.15, 0.2) is 30.3 Å². The van der Waals surface area contributed by atoms with Crippen molar-refractivity contribution in [3.8, 4) is 0 Å². The highest BCUT2D eigenvalue weighted by atomic mass is 16.2. The second kappa shape index (κ2) is 7.75. The minimum atomic E-state index is -0.383. The third-order valence-corrected chi connectivity index (χ3v) is 4.53. The van der Waals surface area contributed by atoms with Gasteiger partial charge in [-0.05, 0) is 30.4 Å². The van der Waals surface area contributed by atoms with Gasteiger partial charge in [0.15, 0.2) is 0 Å². The first-order chi connectivity index (χ1) is 10.5. The van der Waals surface area contributed by atoms with Crippen molar-refractivity contribution >= 4 is 5.91 Å². The van der Waals surface area contributed by atoms with Crippen molar-refractivity contribution in [2.24, 2.45) is 17.6 Å². The quantitative estimate of drug-likeness (QED) is 0.874. The Hall–Kier alpha value is -1.39. The molecular weight excluding hydrogens is 274 g/mol. The van der Waals surface area contributed by atoms with Gasteiger partial charge in [0, 0.05) is 26.7 Å². The molecule has 1 fully saturated rings. The normalized spacial score (nSPS) is 20.3. The first-order valence-corrected chi connectivity index (χ1v) is 8.24. The van der Waals surface area contributed by atoms with Gasteiger partial charge in [0.25, 0.3) is 0 Å². The molecular formula is C18H29N3O. The van der Waals surface area contributed by atoms with Gasteiger partial charge < -0.3 is 10.6 Å². The molecule has 1 saturated heterocycles. The average Bonchev–Trinajstić information content (AvgIpc) is 2.93. The van der Waals surface area contributed by atoms with Gasteiger partial charge in [-0.2, -0.15) is 0 Å². The summed E-state index contributed by atoms with van der Waals surface area (Å²) in [5, 5.41) is 0. The Bertz CT molecular complexity index is 474. The Morgan fingerprint density at radius 2 is 2.05 bits per heavy atom. The molecule has 1 aliphatic rings. The summed E-state index contributed by atoms with van der Waals surface area (Å²) in [5.74, 6) is 0.807. The molecule has 1 amide bonds. The molecule has 0 unspecified atom stereocenters. The maximum atomic E-state index is 12.2. The predicted octanol–water partition coefficient (Wildman–Crippen LogP) is 1.95. The van der Waals surface area contributed by atoms with Gasteiger partial charge in [-0.1, -0.05) is 44.2 Å². The third-order valence-electron chi connectivity index (χ3n) is 4.53. The van der Waals surface area contributed by atoms with Crippen LogP contribution in [-0.4, -0.2) is 48.4 Å². The minimum Gasteiger partial charge on any atom is -0.344 e. The van der Waals surface area contributed by atoms with Crippen LogP contribution in [0, 0.1) is 11.8 Å². The molecule has 2 N–H and O–H groups in total. The van der Waals surface area contributed by atoms with E-state index in [1.807, 2.05) is 25.8 Å². The summed E-state index contributed by atoms with van der Waals surface area (Å²) in [4.78, 5) is 16.5. The van der Waals surface area contributed by atoms with E-state index in [0.29, 0.717) is 5.92 Å². The summed E-state index contributed by atoms with van der Waals surface area (Å²) < 4.78 is 0. The number of benzene rings is 1. The van der Waals surface area contributed by atoms with Crippen molar-refractivity contribution in [1.82, 2.24) is 9.80 Å². The molecule has 0 spiro atoms. The van der Waals surface area contributed by atoms with E-state index in [1.165, 1.54) is 5.56 Å². The molecule has 0 bridgehead atoms. The number of carbonyl (C=O) groups is 1. The number of hydrogen-bond donors (Lipinski definition) is 1. The molecule has 0 radical (unpaired) electrons. The number of carbonyl (C=O) groups excluding carboxylic acids is 1. The molecule has 1 heterocycles. The number of likely N-dealkylation sites (N-methyl/N-ethyl adjacent to an activating group) is 1. The third kappa shape index (κ3) is 4.55. The van der Waals surface area contributed by atoms with E-state index < -0.39 is 0 Å². The lowest BCUT2D eigenvalue weighted by Gasteiger charge is -2.26. The van der Waals surface area contributed by atoms with E-state index in [4.69, 9.17) is 5.73 Å². The Morgan fingerprint density at radius 3 is 2.68 bits per heavy atom. The fourth-order valence-electron chi connectivity index (χ4n) is 3.06. The fraction of sp³-hybridized carbons (Fsp3) is 0.611. The van der Waals surface area contributed by atoms with E-state index in [9.17, 15) is 4.79 Å². The minimum absolute atomic E-state index is 0.0662. The standard InChI is InChI=1S/C18H29N3O/c1-14(2)17(19)18(22)20(3)11-16-9-10-21(13-16)12-15-7-5-4-6-8-15/h4-8,14,16-17H,9-13,19H2,1-3H3/t16-,17+/m1/s1. The van der Waals surface area contributed by atoms with E-state index in [1.54, 1.807) is 0 Å². The maximum Gasteiger partial charge on any atom is 0.239 e. The van der Waals surface area contributed by atoms with E-state index in [2.05, 4.69) is 35.2 Å². The molecule has 0 aliphatic carbocycles. The number of likely N-dealkylation sites (tertiary alicyclic amines) is 1. The highest BCUT2D eigenvalue weighted by Gasteiger charge is 2.27. The SMILES string of the molecule is CC(C)[C@H](N)C(=O)N(C)C[C@H]1CCN(Cc2ccccc2)C1. The zero-order chi connectivity index (χ0) is 16.1. The van der Waals surface area contributed by atoms with Gasteiger partial charge in [0.1, 0.15) is 0 Å². The molecule has 22 heavy (non-hydrogen) atoms. The van der Waals surface area contributed by atoms with Gasteiger partial charge in [0.2, 0.25) is 5.91 Å². The molecule has 4 heteroatoms. The van der Waals surface area contributed by atoms with Crippen molar-refractivity contribution in [3.05, 3.63) is 35.9 Å². The summed E-state index contributed by atoms with van der Waals surface area (Å²) in [6.07, 6.45) is 1.15. The number of nitrogens with zero attached hydrogens (tertiary/aromatic N) is 2. The lowest BCUT2D eigenvalue weighted by atomic mass is 10.0. The zero-order valence-corrected chi connectivity index (χ0v) is 14.0. The summed E-state index contributed by atoms with van der Waals surface area (Å²) in [5.41, 5.74) is 7.32. The average molecular weight is 303 g/mol. The fourth-order valence-corrected chi connectivity index (χ4v) is 3.06. The summed E-state index contributed by atoms with van der Waals surface area (Å²) in [7, 11) is 1.88. The van der Waals surface area contributed by atoms with Crippen LogP contribution in [0.25, 0.3) is 0 Å². The van der Waals surface area contributed by atoms with Crippen molar-refractivity contribution in [3.63, 3.8) is 0 Å². The van der Waals surface area contributed by atoms with Gasteiger partial charge in [0.05, 0.1) is 6.04 Å². The van der Waals surface area contributed by atoms with E-state index in [0.717, 1.165) is 32.6 Å². The Morgan fingerprint density at radius 1 is 1.36 bits per heavy atom. The lowest BCUT2D eigenvalue weighted by Crippen LogP contribution is -2.46. The molecule has 2 atom stereocenters.